The minimum absolute atomic E-state index is 0.117. The fourth-order valence-electron chi connectivity index (χ4n) is 1.32. The van der Waals surface area contributed by atoms with Gasteiger partial charge in [-0.05, 0) is 37.6 Å². The lowest BCUT2D eigenvalue weighted by Gasteiger charge is -2.04. The summed E-state index contributed by atoms with van der Waals surface area (Å²) in [5, 5.41) is 3.26. The van der Waals surface area contributed by atoms with Gasteiger partial charge in [0.2, 0.25) is 0 Å². The molecule has 0 fully saturated rings. The summed E-state index contributed by atoms with van der Waals surface area (Å²) in [4.78, 5) is 15.0. The minimum Gasteiger partial charge on any atom is -0.466 e. The van der Waals surface area contributed by atoms with Crippen molar-refractivity contribution < 1.29 is 9.53 Å². The molecule has 16 heavy (non-hydrogen) atoms. The number of ether oxygens (including phenoxy) is 1. The molecule has 0 aliphatic rings. The summed E-state index contributed by atoms with van der Waals surface area (Å²) < 4.78 is 4.83. The number of pyridine rings is 1. The zero-order chi connectivity index (χ0) is 11.6. The van der Waals surface area contributed by atoms with Crippen LogP contribution < -0.4 is 5.32 Å². The molecule has 1 heterocycles. The van der Waals surface area contributed by atoms with Crippen LogP contribution in [0.3, 0.4) is 0 Å². The first-order chi connectivity index (χ1) is 7.83. The molecule has 0 radical (unpaired) electrons. The largest absolute Gasteiger partial charge is 0.466 e. The normalized spacial score (nSPS) is 10.1. The molecule has 1 aromatic rings. The maximum atomic E-state index is 11.0. The highest BCUT2D eigenvalue weighted by atomic mass is 16.5. The number of carbonyl (C=O) groups excluding carboxylic acids is 1. The van der Waals surface area contributed by atoms with Gasteiger partial charge in [-0.1, -0.05) is 0 Å². The molecule has 1 aromatic heterocycles. The molecular formula is C12H18N2O2. The van der Waals surface area contributed by atoms with Crippen molar-refractivity contribution in [3.8, 4) is 0 Å². The van der Waals surface area contributed by atoms with Crippen LogP contribution >= 0.6 is 0 Å². The lowest BCUT2D eigenvalue weighted by atomic mass is 10.2. The van der Waals surface area contributed by atoms with Gasteiger partial charge in [0.25, 0.3) is 0 Å². The van der Waals surface area contributed by atoms with Crippen molar-refractivity contribution >= 4 is 5.97 Å². The molecule has 0 aromatic carbocycles. The van der Waals surface area contributed by atoms with Crippen molar-refractivity contribution in [3.63, 3.8) is 0 Å². The number of rotatable bonds is 7. The summed E-state index contributed by atoms with van der Waals surface area (Å²) in [6.07, 6.45) is 4.84. The standard InChI is InChI=1S/C12H18N2O2/c1-2-16-12(15)4-3-7-14-10-11-5-8-13-9-6-11/h5-6,8-9,14H,2-4,7,10H2,1H3. The van der Waals surface area contributed by atoms with Gasteiger partial charge in [0.05, 0.1) is 6.61 Å². The quantitative estimate of drug-likeness (QED) is 0.561. The van der Waals surface area contributed by atoms with Gasteiger partial charge in [-0.15, -0.1) is 0 Å². The van der Waals surface area contributed by atoms with Crippen molar-refractivity contribution in [2.75, 3.05) is 13.2 Å². The van der Waals surface area contributed by atoms with E-state index in [1.165, 1.54) is 5.56 Å². The van der Waals surface area contributed by atoms with Crippen molar-refractivity contribution in [1.29, 1.82) is 0 Å². The Morgan fingerprint density at radius 2 is 2.19 bits per heavy atom. The molecule has 4 nitrogen and oxygen atoms in total. The van der Waals surface area contributed by atoms with Gasteiger partial charge in [0, 0.05) is 25.4 Å². The number of esters is 1. The molecule has 0 amide bonds. The first kappa shape index (κ1) is 12.6. The summed E-state index contributed by atoms with van der Waals surface area (Å²) in [5.41, 5.74) is 1.20. The van der Waals surface area contributed by atoms with Crippen LogP contribution in [0.25, 0.3) is 0 Å². The number of hydrogen-bond acceptors (Lipinski definition) is 4. The molecule has 0 bridgehead atoms. The molecule has 88 valence electrons. The highest BCUT2D eigenvalue weighted by Gasteiger charge is 2.00. The van der Waals surface area contributed by atoms with Gasteiger partial charge >= 0.3 is 5.97 Å². The average molecular weight is 222 g/mol. The molecule has 4 heteroatoms. The van der Waals surface area contributed by atoms with E-state index in [9.17, 15) is 4.79 Å². The van der Waals surface area contributed by atoms with Crippen LogP contribution in [-0.4, -0.2) is 24.1 Å². The zero-order valence-electron chi connectivity index (χ0n) is 9.61. The maximum Gasteiger partial charge on any atom is 0.305 e. The molecule has 0 spiro atoms. The summed E-state index contributed by atoms with van der Waals surface area (Å²) >= 11 is 0. The first-order valence-electron chi connectivity index (χ1n) is 5.58. The molecule has 0 unspecified atom stereocenters. The maximum absolute atomic E-state index is 11.0. The Kier molecular flexibility index (Phi) is 6.18. The molecule has 0 aliphatic heterocycles. The highest BCUT2D eigenvalue weighted by molar-refractivity contribution is 5.69. The summed E-state index contributed by atoms with van der Waals surface area (Å²) in [6, 6.07) is 3.94. The summed E-state index contributed by atoms with van der Waals surface area (Å²) in [5.74, 6) is -0.117. The third-order valence-corrected chi connectivity index (χ3v) is 2.12. The van der Waals surface area contributed by atoms with Crippen LogP contribution in [0.4, 0.5) is 0 Å². The third-order valence-electron chi connectivity index (χ3n) is 2.12. The van der Waals surface area contributed by atoms with E-state index in [1.807, 2.05) is 19.1 Å². The van der Waals surface area contributed by atoms with Gasteiger partial charge in [-0.2, -0.15) is 0 Å². The van der Waals surface area contributed by atoms with E-state index in [4.69, 9.17) is 4.74 Å². The Bertz CT molecular complexity index is 301. The Morgan fingerprint density at radius 3 is 2.88 bits per heavy atom. The number of nitrogens with zero attached hydrogens (tertiary/aromatic N) is 1. The van der Waals surface area contributed by atoms with Crippen LogP contribution in [0.15, 0.2) is 24.5 Å². The molecule has 0 saturated heterocycles. The van der Waals surface area contributed by atoms with E-state index in [0.717, 1.165) is 19.5 Å². The highest BCUT2D eigenvalue weighted by Crippen LogP contribution is 1.96. The monoisotopic (exact) mass is 222 g/mol. The topological polar surface area (TPSA) is 51.2 Å². The number of nitrogens with one attached hydrogen (secondary N) is 1. The molecule has 0 aliphatic carbocycles. The van der Waals surface area contributed by atoms with Gasteiger partial charge < -0.3 is 10.1 Å². The van der Waals surface area contributed by atoms with Crippen LogP contribution in [0.1, 0.15) is 25.3 Å². The van der Waals surface area contributed by atoms with E-state index >= 15 is 0 Å². The average Bonchev–Trinajstić information content (AvgIpc) is 2.30. The number of hydrogen-bond donors (Lipinski definition) is 1. The van der Waals surface area contributed by atoms with Crippen molar-refractivity contribution in [2.45, 2.75) is 26.3 Å². The number of aromatic nitrogens is 1. The SMILES string of the molecule is CCOC(=O)CCCNCc1ccncc1. The zero-order valence-corrected chi connectivity index (χ0v) is 9.61. The fourth-order valence-corrected chi connectivity index (χ4v) is 1.32. The first-order valence-corrected chi connectivity index (χ1v) is 5.58. The second-order valence-electron chi connectivity index (χ2n) is 3.44. The van der Waals surface area contributed by atoms with Crippen molar-refractivity contribution in [2.24, 2.45) is 0 Å². The molecule has 1 N–H and O–H groups in total. The molecule has 0 saturated carbocycles. The van der Waals surface area contributed by atoms with Crippen LogP contribution in [0, 0.1) is 0 Å². The van der Waals surface area contributed by atoms with Crippen molar-refractivity contribution in [3.05, 3.63) is 30.1 Å². The second-order valence-corrected chi connectivity index (χ2v) is 3.44. The van der Waals surface area contributed by atoms with Crippen LogP contribution in [0.5, 0.6) is 0 Å². The lowest BCUT2D eigenvalue weighted by molar-refractivity contribution is -0.143. The van der Waals surface area contributed by atoms with Gasteiger partial charge in [0.1, 0.15) is 0 Å². The lowest BCUT2D eigenvalue weighted by Crippen LogP contribution is -2.16. The molecule has 0 atom stereocenters. The van der Waals surface area contributed by atoms with Gasteiger partial charge in [0.15, 0.2) is 0 Å². The summed E-state index contributed by atoms with van der Waals surface area (Å²) in [6.45, 7) is 3.91. The summed E-state index contributed by atoms with van der Waals surface area (Å²) in [7, 11) is 0. The molecular weight excluding hydrogens is 204 g/mol. The third kappa shape index (κ3) is 5.46. The minimum atomic E-state index is -0.117. The Balaban J connectivity index is 2.02. The fraction of sp³-hybridized carbons (Fsp3) is 0.500. The second kappa shape index (κ2) is 7.82. The Hall–Kier alpha value is -1.42. The Labute approximate surface area is 96.0 Å². The van der Waals surface area contributed by atoms with Crippen molar-refractivity contribution in [1.82, 2.24) is 10.3 Å². The predicted molar refractivity (Wildman–Crippen MR) is 61.8 cm³/mol. The van der Waals surface area contributed by atoms with E-state index in [0.29, 0.717) is 13.0 Å². The number of carbonyl (C=O) groups is 1. The van der Waals surface area contributed by atoms with Gasteiger partial charge in [-0.25, -0.2) is 0 Å². The van der Waals surface area contributed by atoms with E-state index in [2.05, 4.69) is 10.3 Å². The predicted octanol–water partition coefficient (Wildman–Crippen LogP) is 1.51. The van der Waals surface area contributed by atoms with Crippen LogP contribution in [0.2, 0.25) is 0 Å². The Morgan fingerprint density at radius 1 is 1.44 bits per heavy atom. The van der Waals surface area contributed by atoms with E-state index in [-0.39, 0.29) is 5.97 Å². The smallest absolute Gasteiger partial charge is 0.305 e. The van der Waals surface area contributed by atoms with E-state index < -0.39 is 0 Å². The molecule has 1 rings (SSSR count). The van der Waals surface area contributed by atoms with Crippen LogP contribution in [-0.2, 0) is 16.1 Å². The van der Waals surface area contributed by atoms with E-state index in [1.54, 1.807) is 12.4 Å². The van der Waals surface area contributed by atoms with Gasteiger partial charge in [-0.3, -0.25) is 9.78 Å².